The number of amides is 1. The van der Waals surface area contributed by atoms with Crippen molar-refractivity contribution < 1.29 is 18.7 Å². The van der Waals surface area contributed by atoms with E-state index in [1.54, 1.807) is 19.2 Å². The number of carbonyl (C=O) groups is 1. The molecule has 0 aliphatic heterocycles. The van der Waals surface area contributed by atoms with Gasteiger partial charge in [0.1, 0.15) is 18.2 Å². The Balaban J connectivity index is 1.29. The number of imidazole rings is 1. The van der Waals surface area contributed by atoms with Gasteiger partial charge in [0.15, 0.2) is 11.5 Å². The third kappa shape index (κ3) is 6.18. The van der Waals surface area contributed by atoms with Gasteiger partial charge in [-0.25, -0.2) is 9.37 Å². The van der Waals surface area contributed by atoms with Crippen LogP contribution in [0.15, 0.2) is 72.8 Å². The minimum atomic E-state index is -0.501. The molecule has 35 heavy (non-hydrogen) atoms. The van der Waals surface area contributed by atoms with Crippen LogP contribution in [0.25, 0.3) is 11.0 Å². The van der Waals surface area contributed by atoms with Crippen LogP contribution in [0.4, 0.5) is 4.39 Å². The number of carbonyl (C=O) groups excluding carboxylic acids is 1. The first-order valence-electron chi connectivity index (χ1n) is 11.9. The van der Waals surface area contributed by atoms with Gasteiger partial charge in [0.2, 0.25) is 0 Å². The molecule has 6 nitrogen and oxygen atoms in total. The Hall–Kier alpha value is -3.87. The van der Waals surface area contributed by atoms with Crippen LogP contribution < -0.4 is 14.8 Å². The molecule has 4 rings (SSSR count). The maximum atomic E-state index is 13.7. The third-order valence-electron chi connectivity index (χ3n) is 5.86. The van der Waals surface area contributed by atoms with Crippen LogP contribution in [-0.2, 0) is 13.0 Å². The van der Waals surface area contributed by atoms with E-state index in [0.29, 0.717) is 25.4 Å². The molecule has 7 heteroatoms. The Bertz CT molecular complexity index is 1270. The lowest BCUT2D eigenvalue weighted by Gasteiger charge is -2.13. The topological polar surface area (TPSA) is 65.4 Å². The van der Waals surface area contributed by atoms with E-state index in [9.17, 15) is 9.18 Å². The summed E-state index contributed by atoms with van der Waals surface area (Å²) < 4.78 is 27.3. The number of unbranched alkanes of at least 4 members (excludes halogenated alkanes) is 2. The molecule has 0 bridgehead atoms. The molecule has 0 fully saturated rings. The van der Waals surface area contributed by atoms with Crippen molar-refractivity contribution in [3.05, 3.63) is 90.0 Å². The quantitative estimate of drug-likeness (QED) is 0.279. The Kier molecular flexibility index (Phi) is 8.33. The molecular formula is C28H30FN3O3. The number of halogens is 1. The highest BCUT2D eigenvalue weighted by atomic mass is 19.1. The van der Waals surface area contributed by atoms with Gasteiger partial charge in [-0.2, -0.15) is 0 Å². The van der Waals surface area contributed by atoms with Crippen molar-refractivity contribution in [2.45, 2.75) is 32.2 Å². The van der Waals surface area contributed by atoms with Gasteiger partial charge in [0, 0.05) is 13.0 Å². The minimum Gasteiger partial charge on any atom is -0.493 e. The van der Waals surface area contributed by atoms with E-state index in [1.807, 2.05) is 42.5 Å². The molecule has 0 saturated heterocycles. The lowest BCUT2D eigenvalue weighted by atomic mass is 10.1. The van der Waals surface area contributed by atoms with Crippen LogP contribution in [0.1, 0.15) is 35.4 Å². The molecule has 0 aliphatic carbocycles. The molecule has 182 valence electrons. The summed E-state index contributed by atoms with van der Waals surface area (Å²) in [6.07, 6.45) is 3.51. The highest BCUT2D eigenvalue weighted by Gasteiger charge is 2.12. The van der Waals surface area contributed by atoms with Crippen molar-refractivity contribution in [1.29, 1.82) is 0 Å². The van der Waals surface area contributed by atoms with Gasteiger partial charge in [0.25, 0.3) is 5.91 Å². The number of aryl methyl sites for hydroxylation is 1. The molecule has 0 unspecified atom stereocenters. The second-order valence-corrected chi connectivity index (χ2v) is 8.21. The zero-order valence-electron chi connectivity index (χ0n) is 19.9. The smallest absolute Gasteiger partial charge is 0.254 e. The number of nitrogens with one attached hydrogen (secondary N) is 1. The van der Waals surface area contributed by atoms with E-state index in [4.69, 9.17) is 14.5 Å². The van der Waals surface area contributed by atoms with Gasteiger partial charge >= 0.3 is 0 Å². The monoisotopic (exact) mass is 475 g/mol. The molecule has 3 aromatic carbocycles. The van der Waals surface area contributed by atoms with E-state index in [1.165, 1.54) is 12.1 Å². The van der Waals surface area contributed by atoms with Gasteiger partial charge in [-0.3, -0.25) is 4.79 Å². The highest BCUT2D eigenvalue weighted by Crippen LogP contribution is 2.26. The van der Waals surface area contributed by atoms with Crippen LogP contribution in [0.5, 0.6) is 11.5 Å². The summed E-state index contributed by atoms with van der Waals surface area (Å²) in [6, 6.07) is 21.7. The Morgan fingerprint density at radius 1 is 0.943 bits per heavy atom. The summed E-state index contributed by atoms with van der Waals surface area (Å²) in [5.74, 6) is 1.58. The minimum absolute atomic E-state index is 0.0801. The van der Waals surface area contributed by atoms with Crippen LogP contribution in [-0.4, -0.2) is 35.7 Å². The number of hydrogen-bond acceptors (Lipinski definition) is 4. The average molecular weight is 476 g/mol. The largest absolute Gasteiger partial charge is 0.493 e. The molecule has 0 radical (unpaired) electrons. The zero-order valence-corrected chi connectivity index (χ0v) is 19.9. The second-order valence-electron chi connectivity index (χ2n) is 8.21. The molecule has 1 heterocycles. The fourth-order valence-corrected chi connectivity index (χ4v) is 4.08. The zero-order chi connectivity index (χ0) is 24.5. The maximum absolute atomic E-state index is 13.7. The number of rotatable bonds is 12. The third-order valence-corrected chi connectivity index (χ3v) is 5.86. The molecule has 0 saturated carbocycles. The Morgan fingerprint density at radius 3 is 2.51 bits per heavy atom. The first-order valence-corrected chi connectivity index (χ1v) is 11.9. The van der Waals surface area contributed by atoms with E-state index in [-0.39, 0.29) is 11.5 Å². The van der Waals surface area contributed by atoms with E-state index in [0.717, 1.165) is 48.3 Å². The van der Waals surface area contributed by atoms with Crippen LogP contribution in [0.2, 0.25) is 0 Å². The first kappa shape index (κ1) is 24.3. The van der Waals surface area contributed by atoms with Crippen molar-refractivity contribution in [2.75, 3.05) is 20.3 Å². The predicted molar refractivity (Wildman–Crippen MR) is 135 cm³/mol. The van der Waals surface area contributed by atoms with E-state index >= 15 is 0 Å². The Labute approximate surface area is 204 Å². The number of methoxy groups -OCH3 is 1. The summed E-state index contributed by atoms with van der Waals surface area (Å²) >= 11 is 0. The first-order chi connectivity index (χ1) is 17.2. The summed E-state index contributed by atoms with van der Waals surface area (Å²) in [7, 11) is 1.63. The number of fused-ring (bicyclic) bond motifs is 1. The number of benzene rings is 3. The number of hydrogen-bond donors (Lipinski definition) is 1. The van der Waals surface area contributed by atoms with Gasteiger partial charge in [-0.1, -0.05) is 42.8 Å². The number of nitrogens with zero attached hydrogens (tertiary/aromatic N) is 2. The lowest BCUT2D eigenvalue weighted by molar-refractivity contribution is 0.0949. The molecule has 1 amide bonds. The van der Waals surface area contributed by atoms with Crippen molar-refractivity contribution in [2.24, 2.45) is 0 Å². The molecule has 0 aliphatic rings. The molecule has 4 aromatic rings. The van der Waals surface area contributed by atoms with Crippen molar-refractivity contribution in [3.63, 3.8) is 0 Å². The average Bonchev–Trinajstić information content (AvgIpc) is 3.24. The lowest BCUT2D eigenvalue weighted by Crippen LogP contribution is -2.25. The summed E-state index contributed by atoms with van der Waals surface area (Å²) in [6.45, 7) is 1.68. The number of ether oxygens (including phenoxy) is 2. The molecule has 1 N–H and O–H groups in total. The number of para-hydroxylation sites is 4. The van der Waals surface area contributed by atoms with Crippen LogP contribution in [0.3, 0.4) is 0 Å². The van der Waals surface area contributed by atoms with Gasteiger partial charge in [-0.05, 0) is 49.2 Å². The summed E-state index contributed by atoms with van der Waals surface area (Å²) in [4.78, 5) is 17.0. The number of aromatic nitrogens is 2. The SMILES string of the molecule is COc1ccccc1OCCn1c(CCCCCNC(=O)c2ccccc2F)nc2ccccc21. The maximum Gasteiger partial charge on any atom is 0.254 e. The van der Waals surface area contributed by atoms with Crippen LogP contribution >= 0.6 is 0 Å². The molecule has 1 aromatic heterocycles. The molecular weight excluding hydrogens is 445 g/mol. The predicted octanol–water partition coefficient (Wildman–Crippen LogP) is 5.41. The normalized spacial score (nSPS) is 10.9. The van der Waals surface area contributed by atoms with Crippen LogP contribution in [0, 0.1) is 5.82 Å². The van der Waals surface area contributed by atoms with Crippen molar-refractivity contribution >= 4 is 16.9 Å². The van der Waals surface area contributed by atoms with Gasteiger partial charge < -0.3 is 19.4 Å². The summed E-state index contributed by atoms with van der Waals surface area (Å²) in [5.41, 5.74) is 2.14. The molecule has 0 atom stereocenters. The van der Waals surface area contributed by atoms with E-state index in [2.05, 4.69) is 16.0 Å². The second kappa shape index (κ2) is 12.0. The van der Waals surface area contributed by atoms with Crippen molar-refractivity contribution in [1.82, 2.24) is 14.9 Å². The summed E-state index contributed by atoms with van der Waals surface area (Å²) in [5, 5.41) is 2.80. The highest BCUT2D eigenvalue weighted by molar-refractivity contribution is 5.94. The fourth-order valence-electron chi connectivity index (χ4n) is 4.08. The standard InChI is InChI=1S/C28H30FN3O3/c1-34-25-15-8-9-16-26(25)35-20-19-32-24-14-7-6-13-23(24)31-27(32)17-3-2-10-18-30-28(33)21-11-4-5-12-22(21)29/h4-9,11-16H,2-3,10,17-20H2,1H3,(H,30,33). The molecule has 0 spiro atoms. The van der Waals surface area contributed by atoms with Crippen molar-refractivity contribution in [3.8, 4) is 11.5 Å². The fraction of sp³-hybridized carbons (Fsp3) is 0.286. The Morgan fingerprint density at radius 2 is 1.69 bits per heavy atom. The van der Waals surface area contributed by atoms with Gasteiger partial charge in [-0.15, -0.1) is 0 Å². The van der Waals surface area contributed by atoms with Gasteiger partial charge in [0.05, 0.1) is 30.3 Å². The van der Waals surface area contributed by atoms with E-state index < -0.39 is 5.82 Å².